The summed E-state index contributed by atoms with van der Waals surface area (Å²) >= 11 is 2.28. The van der Waals surface area contributed by atoms with Gasteiger partial charge in [-0.15, -0.1) is 0 Å². The molecule has 2 N–H and O–H groups in total. The number of amides is 2. The van der Waals surface area contributed by atoms with Crippen LogP contribution >= 0.6 is 22.9 Å². The first-order chi connectivity index (χ1) is 21.8. The second-order valence-electron chi connectivity index (χ2n) is 14.0. The van der Waals surface area contributed by atoms with Crippen LogP contribution < -0.4 is 5.32 Å². The van der Waals surface area contributed by atoms with Gasteiger partial charge < -0.3 is 34.3 Å². The van der Waals surface area contributed by atoms with E-state index in [4.69, 9.17) is 18.9 Å². The fraction of sp³-hybridized carbons (Fsp3) is 0.829. The lowest BCUT2D eigenvalue weighted by Gasteiger charge is -2.35. The highest BCUT2D eigenvalue weighted by molar-refractivity contribution is 14.1. The van der Waals surface area contributed by atoms with E-state index in [1.54, 1.807) is 18.9 Å². The largest absolute Gasteiger partial charge is 0.449 e. The number of methoxy groups -OCH3 is 1. The molecule has 0 aromatic heterocycles. The van der Waals surface area contributed by atoms with E-state index >= 15 is 0 Å². The van der Waals surface area contributed by atoms with Gasteiger partial charge in [0.1, 0.15) is 0 Å². The molecule has 10 nitrogen and oxygen atoms in total. The van der Waals surface area contributed by atoms with E-state index < -0.39 is 6.10 Å². The summed E-state index contributed by atoms with van der Waals surface area (Å²) in [5, 5.41) is 13.1. The monoisotopic (exact) mass is 761 g/mol. The lowest BCUT2D eigenvalue weighted by atomic mass is 9.85. The molecule has 11 heteroatoms. The number of hydrogen-bond donors (Lipinski definition) is 2. The smallest absolute Gasteiger partial charge is 0.409 e. The van der Waals surface area contributed by atoms with Crippen LogP contribution in [0.5, 0.6) is 0 Å². The minimum atomic E-state index is -0.535. The van der Waals surface area contributed by atoms with Crippen LogP contribution in [0.1, 0.15) is 86.5 Å². The molecule has 3 saturated heterocycles. The number of carbonyl (C=O) groups is 2. The number of nitrogens with zero attached hydrogens (tertiary/aromatic N) is 2. The molecular weight excluding hydrogens is 701 g/mol. The van der Waals surface area contributed by atoms with Gasteiger partial charge in [0, 0.05) is 75.0 Å². The van der Waals surface area contributed by atoms with Crippen molar-refractivity contribution >= 4 is 34.9 Å². The van der Waals surface area contributed by atoms with Gasteiger partial charge >= 0.3 is 6.09 Å². The number of nitrogens with one attached hydrogen (secondary N) is 1. The molecule has 0 aliphatic carbocycles. The van der Waals surface area contributed by atoms with Crippen molar-refractivity contribution in [1.29, 1.82) is 0 Å². The Morgan fingerprint density at radius 3 is 2.52 bits per heavy atom. The Morgan fingerprint density at radius 2 is 1.85 bits per heavy atom. The van der Waals surface area contributed by atoms with Crippen LogP contribution in [-0.2, 0) is 23.7 Å². The van der Waals surface area contributed by atoms with Crippen LogP contribution in [0, 0.1) is 17.8 Å². The van der Waals surface area contributed by atoms with E-state index in [1.165, 1.54) is 5.57 Å². The SMILES string of the molecule is CO[C@H]([C@@H](C)[C@H]1O[C@]1(C)C[C@H](C)/C=C/C=C(\C)[C@H]1O[C@@H](CNC(=O)CCCCCOC(=O)N2CCN(I)CC2)CC[C@@H]1C)[C@@H](C)O. The zero-order valence-corrected chi connectivity index (χ0v) is 31.4. The quantitative estimate of drug-likeness (QED) is 0.0642. The summed E-state index contributed by atoms with van der Waals surface area (Å²) in [7, 11) is 1.64. The van der Waals surface area contributed by atoms with Gasteiger partial charge in [-0.2, -0.15) is 0 Å². The number of aliphatic hydroxyl groups excluding tert-OH is 1. The Kier molecular flexibility index (Phi) is 16.2. The van der Waals surface area contributed by atoms with Gasteiger partial charge in [-0.25, -0.2) is 7.91 Å². The average molecular weight is 762 g/mol. The Balaban J connectivity index is 1.31. The summed E-state index contributed by atoms with van der Waals surface area (Å²) in [6, 6.07) is 0. The molecule has 3 aliphatic rings. The Morgan fingerprint density at radius 1 is 1.13 bits per heavy atom. The fourth-order valence-electron chi connectivity index (χ4n) is 7.02. The normalized spacial score (nSPS) is 30.1. The predicted molar refractivity (Wildman–Crippen MR) is 189 cm³/mol. The third kappa shape index (κ3) is 12.3. The number of carbonyl (C=O) groups excluding carboxylic acids is 2. The maximum absolute atomic E-state index is 12.5. The van der Waals surface area contributed by atoms with Crippen LogP contribution in [0.2, 0.25) is 0 Å². The average Bonchev–Trinajstić information content (AvgIpc) is 3.68. The van der Waals surface area contributed by atoms with Crippen LogP contribution in [0.15, 0.2) is 23.8 Å². The minimum Gasteiger partial charge on any atom is -0.449 e. The molecule has 0 aromatic carbocycles. The molecule has 264 valence electrons. The number of piperazine rings is 1. The van der Waals surface area contributed by atoms with Gasteiger partial charge in [0.15, 0.2) is 0 Å². The van der Waals surface area contributed by atoms with Gasteiger partial charge in [0.05, 0.1) is 42.7 Å². The molecule has 3 rings (SSSR count). The van der Waals surface area contributed by atoms with E-state index in [0.717, 1.165) is 51.6 Å². The van der Waals surface area contributed by atoms with Crippen molar-refractivity contribution in [2.24, 2.45) is 17.8 Å². The zero-order valence-electron chi connectivity index (χ0n) is 29.2. The molecule has 3 fully saturated rings. The predicted octanol–water partition coefficient (Wildman–Crippen LogP) is 5.67. The molecule has 0 unspecified atom stereocenters. The summed E-state index contributed by atoms with van der Waals surface area (Å²) in [6.07, 6.45) is 11.4. The fourth-order valence-corrected chi connectivity index (χ4v) is 7.45. The van der Waals surface area contributed by atoms with Crippen molar-refractivity contribution in [2.75, 3.05) is 46.4 Å². The van der Waals surface area contributed by atoms with Crippen molar-refractivity contribution in [2.45, 2.75) is 123 Å². The lowest BCUT2D eigenvalue weighted by molar-refractivity contribution is -0.123. The molecule has 3 heterocycles. The van der Waals surface area contributed by atoms with Gasteiger partial charge in [0.2, 0.25) is 5.91 Å². The summed E-state index contributed by atoms with van der Waals surface area (Å²) in [5.74, 6) is 0.919. The van der Waals surface area contributed by atoms with Gasteiger partial charge in [-0.3, -0.25) is 4.79 Å². The highest BCUT2D eigenvalue weighted by atomic mass is 127. The molecule has 2 amide bonds. The summed E-state index contributed by atoms with van der Waals surface area (Å²) in [6.45, 7) is 16.6. The Hall–Kier alpha value is -1.25. The van der Waals surface area contributed by atoms with Gasteiger partial charge in [-0.1, -0.05) is 39.0 Å². The topological polar surface area (TPSA) is 113 Å². The van der Waals surface area contributed by atoms with E-state index in [-0.39, 0.29) is 47.9 Å². The molecule has 0 spiro atoms. The first kappa shape index (κ1) is 39.2. The highest BCUT2D eigenvalue weighted by Gasteiger charge is 2.56. The van der Waals surface area contributed by atoms with Crippen molar-refractivity contribution in [1.82, 2.24) is 13.3 Å². The van der Waals surface area contributed by atoms with Crippen LogP contribution in [0.3, 0.4) is 0 Å². The summed E-state index contributed by atoms with van der Waals surface area (Å²) in [4.78, 5) is 26.4. The van der Waals surface area contributed by atoms with Crippen LogP contribution in [-0.4, -0.2) is 108 Å². The second kappa shape index (κ2) is 19.1. The number of halogens is 1. The number of ether oxygens (including phenoxy) is 4. The molecule has 0 saturated carbocycles. The molecule has 3 aliphatic heterocycles. The molecule has 9 atom stereocenters. The maximum atomic E-state index is 12.5. The molecule has 0 radical (unpaired) electrons. The van der Waals surface area contributed by atoms with Crippen molar-refractivity contribution in [3.63, 3.8) is 0 Å². The first-order valence-electron chi connectivity index (χ1n) is 17.3. The first-order valence-corrected chi connectivity index (χ1v) is 18.3. The minimum absolute atomic E-state index is 0.00772. The van der Waals surface area contributed by atoms with Crippen LogP contribution in [0.4, 0.5) is 4.79 Å². The van der Waals surface area contributed by atoms with E-state index in [1.807, 2.05) is 0 Å². The number of aliphatic hydroxyl groups is 1. The third-order valence-electron chi connectivity index (χ3n) is 9.74. The standard InChI is InChI=1S/C35H60IN3O7/c1-24(22-35(6)33(46-35)27(4)32(43-7)28(5)40)12-11-13-25(2)31-26(3)15-16-29(45-31)23-37-30(41)14-9-8-10-21-44-34(42)38-17-19-39(36)20-18-38/h11-13,24,26-29,31-33,40H,8-10,14-23H2,1-7H3,(H,37,41)/b12-11+,25-13+/t24-,26+,27-,28-,29-,31-,32-,33-,35-/m1/s1. The summed E-state index contributed by atoms with van der Waals surface area (Å²) < 4.78 is 25.7. The second-order valence-corrected chi connectivity index (χ2v) is 15.4. The van der Waals surface area contributed by atoms with E-state index in [9.17, 15) is 14.7 Å². The number of unbranched alkanes of at least 4 members (excludes halogenated alkanes) is 2. The lowest BCUT2D eigenvalue weighted by Crippen LogP contribution is -2.45. The van der Waals surface area contributed by atoms with Crippen molar-refractivity contribution < 1.29 is 33.6 Å². The maximum Gasteiger partial charge on any atom is 0.409 e. The number of hydrogen-bond acceptors (Lipinski definition) is 8. The van der Waals surface area contributed by atoms with Crippen LogP contribution in [0.25, 0.3) is 0 Å². The van der Waals surface area contributed by atoms with Crippen molar-refractivity contribution in [3.8, 4) is 0 Å². The Labute approximate surface area is 291 Å². The third-order valence-corrected chi connectivity index (χ3v) is 10.7. The van der Waals surface area contributed by atoms with E-state index in [0.29, 0.717) is 44.5 Å². The molecule has 0 bridgehead atoms. The molecule has 0 aromatic rings. The number of allylic oxidation sites excluding steroid dienone is 3. The summed E-state index contributed by atoms with van der Waals surface area (Å²) in [5.41, 5.74) is 0.992. The van der Waals surface area contributed by atoms with E-state index in [2.05, 4.69) is 84.1 Å². The molecular formula is C35H60IN3O7. The number of rotatable bonds is 17. The Bertz CT molecular complexity index is 1020. The molecule has 46 heavy (non-hydrogen) atoms. The van der Waals surface area contributed by atoms with Gasteiger partial charge in [-0.05, 0) is 76.7 Å². The van der Waals surface area contributed by atoms with Crippen molar-refractivity contribution in [3.05, 3.63) is 23.8 Å². The number of epoxide rings is 1. The zero-order chi connectivity index (χ0) is 33.9. The van der Waals surface area contributed by atoms with Gasteiger partial charge in [0.25, 0.3) is 0 Å². The highest BCUT2D eigenvalue weighted by Crippen LogP contribution is 2.47.